The molecule has 0 spiro atoms. The Kier molecular flexibility index (Phi) is 3.58. The maximum Gasteiger partial charge on any atom is 0.137 e. The third-order valence-electron chi connectivity index (χ3n) is 3.41. The van der Waals surface area contributed by atoms with Crippen LogP contribution in [0.15, 0.2) is 54.9 Å². The molecule has 0 fully saturated rings. The van der Waals surface area contributed by atoms with Gasteiger partial charge in [0.05, 0.1) is 12.2 Å². The van der Waals surface area contributed by atoms with Crippen molar-refractivity contribution < 1.29 is 0 Å². The van der Waals surface area contributed by atoms with Crippen LogP contribution in [0.3, 0.4) is 0 Å². The SMILES string of the molecule is CN(Cc1cn2ccccc2n1)c1ccc(C(N)=S)cc1. The van der Waals surface area contributed by atoms with Gasteiger partial charge in [0, 0.05) is 30.7 Å². The lowest BCUT2D eigenvalue weighted by Crippen LogP contribution is -2.17. The van der Waals surface area contributed by atoms with E-state index in [0.717, 1.165) is 29.1 Å². The molecule has 21 heavy (non-hydrogen) atoms. The van der Waals surface area contributed by atoms with E-state index in [2.05, 4.69) is 16.1 Å². The molecular formula is C16H16N4S. The van der Waals surface area contributed by atoms with Crippen LogP contribution in [0.5, 0.6) is 0 Å². The molecule has 4 nitrogen and oxygen atoms in total. The van der Waals surface area contributed by atoms with Gasteiger partial charge in [-0.25, -0.2) is 4.98 Å². The molecule has 0 aliphatic rings. The van der Waals surface area contributed by atoms with Crippen molar-refractivity contribution in [1.29, 1.82) is 0 Å². The van der Waals surface area contributed by atoms with E-state index < -0.39 is 0 Å². The van der Waals surface area contributed by atoms with Gasteiger partial charge in [-0.05, 0) is 36.4 Å². The minimum absolute atomic E-state index is 0.421. The molecule has 2 aromatic heterocycles. The number of thiocarbonyl (C=S) groups is 1. The first kappa shape index (κ1) is 13.6. The Balaban J connectivity index is 1.78. The third-order valence-corrected chi connectivity index (χ3v) is 3.64. The minimum atomic E-state index is 0.421. The van der Waals surface area contributed by atoms with E-state index in [-0.39, 0.29) is 0 Å². The lowest BCUT2D eigenvalue weighted by molar-refractivity contribution is 0.896. The van der Waals surface area contributed by atoms with Gasteiger partial charge < -0.3 is 15.0 Å². The number of pyridine rings is 1. The Labute approximate surface area is 128 Å². The summed E-state index contributed by atoms with van der Waals surface area (Å²) in [6, 6.07) is 13.9. The van der Waals surface area contributed by atoms with Gasteiger partial charge in [0.15, 0.2) is 0 Å². The second-order valence-electron chi connectivity index (χ2n) is 4.97. The first-order chi connectivity index (χ1) is 10.1. The van der Waals surface area contributed by atoms with Gasteiger partial charge in [-0.15, -0.1) is 0 Å². The molecule has 0 saturated carbocycles. The molecule has 0 amide bonds. The van der Waals surface area contributed by atoms with Crippen LogP contribution in [0.1, 0.15) is 11.3 Å². The second kappa shape index (κ2) is 5.54. The number of fused-ring (bicyclic) bond motifs is 1. The van der Waals surface area contributed by atoms with Crippen LogP contribution in [0.4, 0.5) is 5.69 Å². The summed E-state index contributed by atoms with van der Waals surface area (Å²) in [5, 5.41) is 0. The molecular weight excluding hydrogens is 280 g/mol. The Morgan fingerprint density at radius 3 is 2.67 bits per heavy atom. The minimum Gasteiger partial charge on any atom is -0.389 e. The first-order valence-corrected chi connectivity index (χ1v) is 7.08. The predicted octanol–water partition coefficient (Wildman–Crippen LogP) is 2.60. The molecule has 106 valence electrons. The fourth-order valence-corrected chi connectivity index (χ4v) is 2.41. The smallest absolute Gasteiger partial charge is 0.137 e. The zero-order valence-corrected chi connectivity index (χ0v) is 12.5. The first-order valence-electron chi connectivity index (χ1n) is 6.67. The molecule has 3 rings (SSSR count). The largest absolute Gasteiger partial charge is 0.389 e. The molecule has 0 aliphatic carbocycles. The lowest BCUT2D eigenvalue weighted by atomic mass is 10.2. The molecule has 0 bridgehead atoms. The van der Waals surface area contributed by atoms with Crippen LogP contribution in [-0.2, 0) is 6.54 Å². The lowest BCUT2D eigenvalue weighted by Gasteiger charge is -2.18. The molecule has 5 heteroatoms. The number of hydrogen-bond acceptors (Lipinski definition) is 3. The molecule has 1 aromatic carbocycles. The Morgan fingerprint density at radius 1 is 1.24 bits per heavy atom. The number of rotatable bonds is 4. The van der Waals surface area contributed by atoms with Gasteiger partial charge in [0.25, 0.3) is 0 Å². The second-order valence-corrected chi connectivity index (χ2v) is 5.41. The van der Waals surface area contributed by atoms with Crippen molar-refractivity contribution in [1.82, 2.24) is 9.38 Å². The number of hydrogen-bond donors (Lipinski definition) is 1. The number of nitrogens with two attached hydrogens (primary N) is 1. The maximum absolute atomic E-state index is 5.61. The highest BCUT2D eigenvalue weighted by Crippen LogP contribution is 2.16. The highest BCUT2D eigenvalue weighted by atomic mass is 32.1. The quantitative estimate of drug-likeness (QED) is 0.752. The fraction of sp³-hybridized carbons (Fsp3) is 0.125. The topological polar surface area (TPSA) is 46.6 Å². The van der Waals surface area contributed by atoms with Crippen LogP contribution in [0, 0.1) is 0 Å². The van der Waals surface area contributed by atoms with Crippen molar-refractivity contribution in [2.75, 3.05) is 11.9 Å². The van der Waals surface area contributed by atoms with Crippen molar-refractivity contribution in [2.24, 2.45) is 5.73 Å². The number of aromatic nitrogens is 2. The highest BCUT2D eigenvalue weighted by Gasteiger charge is 2.06. The predicted molar refractivity (Wildman–Crippen MR) is 89.6 cm³/mol. The number of benzene rings is 1. The van der Waals surface area contributed by atoms with Crippen LogP contribution in [0.2, 0.25) is 0 Å². The molecule has 0 aliphatic heterocycles. The van der Waals surface area contributed by atoms with E-state index in [1.807, 2.05) is 60.1 Å². The Hall–Kier alpha value is -2.40. The van der Waals surface area contributed by atoms with E-state index in [9.17, 15) is 0 Å². The average Bonchev–Trinajstić information content (AvgIpc) is 2.89. The summed E-state index contributed by atoms with van der Waals surface area (Å²) >= 11 is 4.96. The van der Waals surface area contributed by atoms with Gasteiger partial charge in [0.2, 0.25) is 0 Å². The number of imidazole rings is 1. The normalized spacial score (nSPS) is 10.7. The van der Waals surface area contributed by atoms with E-state index in [1.54, 1.807) is 0 Å². The van der Waals surface area contributed by atoms with E-state index >= 15 is 0 Å². The van der Waals surface area contributed by atoms with Crippen molar-refractivity contribution >= 4 is 28.5 Å². The highest BCUT2D eigenvalue weighted by molar-refractivity contribution is 7.80. The van der Waals surface area contributed by atoms with Gasteiger partial charge in [-0.1, -0.05) is 18.3 Å². The van der Waals surface area contributed by atoms with Crippen LogP contribution in [0.25, 0.3) is 5.65 Å². The van der Waals surface area contributed by atoms with Crippen molar-refractivity contribution in [2.45, 2.75) is 6.54 Å². The van der Waals surface area contributed by atoms with Crippen LogP contribution in [-0.4, -0.2) is 21.4 Å². The van der Waals surface area contributed by atoms with E-state index in [1.165, 1.54) is 0 Å². The zero-order chi connectivity index (χ0) is 14.8. The zero-order valence-electron chi connectivity index (χ0n) is 11.7. The summed E-state index contributed by atoms with van der Waals surface area (Å²) in [4.78, 5) is 7.17. The van der Waals surface area contributed by atoms with Crippen molar-refractivity contribution in [3.63, 3.8) is 0 Å². The number of anilines is 1. The fourth-order valence-electron chi connectivity index (χ4n) is 2.28. The maximum atomic E-state index is 5.61. The van der Waals surface area contributed by atoms with Gasteiger partial charge in [-0.3, -0.25) is 0 Å². The van der Waals surface area contributed by atoms with E-state index in [4.69, 9.17) is 18.0 Å². The van der Waals surface area contributed by atoms with Crippen LogP contribution < -0.4 is 10.6 Å². The molecule has 2 N–H and O–H groups in total. The summed E-state index contributed by atoms with van der Waals surface area (Å²) in [5.41, 5.74) is 9.59. The molecule has 0 radical (unpaired) electrons. The summed E-state index contributed by atoms with van der Waals surface area (Å²) in [6.07, 6.45) is 4.05. The van der Waals surface area contributed by atoms with Gasteiger partial charge in [0.1, 0.15) is 10.6 Å². The Morgan fingerprint density at radius 2 is 2.00 bits per heavy atom. The summed E-state index contributed by atoms with van der Waals surface area (Å²) in [6.45, 7) is 0.744. The average molecular weight is 296 g/mol. The summed E-state index contributed by atoms with van der Waals surface area (Å²) < 4.78 is 2.03. The monoisotopic (exact) mass is 296 g/mol. The molecule has 3 aromatic rings. The third kappa shape index (κ3) is 2.87. The number of nitrogens with zero attached hydrogens (tertiary/aromatic N) is 3. The molecule has 0 saturated heterocycles. The van der Waals surface area contributed by atoms with Crippen LogP contribution >= 0.6 is 12.2 Å². The van der Waals surface area contributed by atoms with E-state index in [0.29, 0.717) is 4.99 Å². The summed E-state index contributed by atoms with van der Waals surface area (Å²) in [7, 11) is 2.04. The van der Waals surface area contributed by atoms with Gasteiger partial charge >= 0.3 is 0 Å². The molecule has 0 atom stereocenters. The summed E-state index contributed by atoms with van der Waals surface area (Å²) in [5.74, 6) is 0. The molecule has 0 unspecified atom stereocenters. The van der Waals surface area contributed by atoms with Crippen molar-refractivity contribution in [3.8, 4) is 0 Å². The molecule has 2 heterocycles. The standard InChI is InChI=1S/C16H16N4S/c1-19(14-7-5-12(6-8-14)16(17)21)10-13-11-20-9-3-2-4-15(20)18-13/h2-9,11H,10H2,1H3,(H2,17,21). The van der Waals surface area contributed by atoms with Crippen molar-refractivity contribution in [3.05, 3.63) is 66.1 Å². The van der Waals surface area contributed by atoms with Gasteiger partial charge in [-0.2, -0.15) is 0 Å². The Bertz CT molecular complexity index is 743.